The van der Waals surface area contributed by atoms with Crippen LogP contribution in [0.2, 0.25) is 5.02 Å². The van der Waals surface area contributed by atoms with Crippen molar-refractivity contribution in [3.63, 3.8) is 0 Å². The highest BCUT2D eigenvalue weighted by Gasteiger charge is 2.41. The number of carbonyl (C=O) groups is 1. The van der Waals surface area contributed by atoms with E-state index in [1.165, 1.54) is 0 Å². The summed E-state index contributed by atoms with van der Waals surface area (Å²) >= 11 is 6.20. The maximum atomic E-state index is 12.6. The van der Waals surface area contributed by atoms with Crippen LogP contribution in [0.1, 0.15) is 20.3 Å². The van der Waals surface area contributed by atoms with Gasteiger partial charge in [0.25, 0.3) is 0 Å². The quantitative estimate of drug-likeness (QED) is 0.844. The van der Waals surface area contributed by atoms with Gasteiger partial charge in [-0.2, -0.15) is 0 Å². The van der Waals surface area contributed by atoms with E-state index >= 15 is 0 Å². The minimum absolute atomic E-state index is 0.0482. The largest absolute Gasteiger partial charge is 0.489 e. The maximum Gasteiger partial charge on any atom is 0.234 e. The van der Waals surface area contributed by atoms with Gasteiger partial charge in [-0.05, 0) is 45.0 Å². The Hall–Kier alpha value is -1.30. The van der Waals surface area contributed by atoms with Gasteiger partial charge in [-0.1, -0.05) is 11.6 Å². The Morgan fingerprint density at radius 2 is 2.27 bits per heavy atom. The van der Waals surface area contributed by atoms with Crippen molar-refractivity contribution in [3.8, 4) is 5.75 Å². The van der Waals surface area contributed by atoms with Crippen LogP contribution in [0.4, 0.5) is 5.69 Å². The molecule has 1 heterocycles. The molecule has 6 heteroatoms. The van der Waals surface area contributed by atoms with Crippen LogP contribution in [0.15, 0.2) is 18.2 Å². The maximum absolute atomic E-state index is 12.6. The Bertz CT molecular complexity index is 528. The second-order valence-electron chi connectivity index (χ2n) is 5.91. The molecule has 1 amide bonds. The molecule has 1 saturated heterocycles. The fourth-order valence-electron chi connectivity index (χ4n) is 2.59. The van der Waals surface area contributed by atoms with E-state index in [1.54, 1.807) is 25.3 Å². The zero-order valence-corrected chi connectivity index (χ0v) is 14.0. The summed E-state index contributed by atoms with van der Waals surface area (Å²) in [5.74, 6) is 0.566. The minimum Gasteiger partial charge on any atom is -0.489 e. The summed E-state index contributed by atoms with van der Waals surface area (Å²) in [4.78, 5) is 12.6. The summed E-state index contributed by atoms with van der Waals surface area (Å²) in [6.45, 7) is 5.71. The highest BCUT2D eigenvalue weighted by atomic mass is 35.5. The molecule has 1 aromatic carbocycles. The SMILES string of the molecule is COCC1(C(=O)Nc2ccc(OC(C)C)c(Cl)c2)CCNC1. The third kappa shape index (κ3) is 3.91. The van der Waals surface area contributed by atoms with Crippen LogP contribution in [-0.2, 0) is 9.53 Å². The number of benzene rings is 1. The zero-order valence-electron chi connectivity index (χ0n) is 13.2. The number of nitrogens with one attached hydrogen (secondary N) is 2. The Kier molecular flexibility index (Phi) is 5.67. The summed E-state index contributed by atoms with van der Waals surface area (Å²) in [6.07, 6.45) is 0.807. The van der Waals surface area contributed by atoms with Crippen LogP contribution < -0.4 is 15.4 Å². The number of rotatable bonds is 6. The van der Waals surface area contributed by atoms with Crippen molar-refractivity contribution in [1.82, 2.24) is 5.32 Å². The molecule has 1 aliphatic heterocycles. The molecular formula is C16H23ClN2O3. The van der Waals surface area contributed by atoms with E-state index in [0.29, 0.717) is 29.6 Å². The molecule has 0 bridgehead atoms. The van der Waals surface area contributed by atoms with Gasteiger partial charge < -0.3 is 20.1 Å². The first-order valence-electron chi connectivity index (χ1n) is 7.44. The zero-order chi connectivity index (χ0) is 16.2. The van der Waals surface area contributed by atoms with E-state index in [4.69, 9.17) is 21.1 Å². The van der Waals surface area contributed by atoms with Gasteiger partial charge in [0.2, 0.25) is 5.91 Å². The molecule has 1 aliphatic rings. The molecule has 0 radical (unpaired) electrons. The molecular weight excluding hydrogens is 304 g/mol. The molecule has 22 heavy (non-hydrogen) atoms. The molecule has 0 aliphatic carbocycles. The van der Waals surface area contributed by atoms with E-state index in [9.17, 15) is 4.79 Å². The van der Waals surface area contributed by atoms with Crippen molar-refractivity contribution in [2.45, 2.75) is 26.4 Å². The lowest BCUT2D eigenvalue weighted by Gasteiger charge is -2.26. The van der Waals surface area contributed by atoms with Crippen molar-refractivity contribution in [3.05, 3.63) is 23.2 Å². The van der Waals surface area contributed by atoms with Crippen molar-refractivity contribution in [1.29, 1.82) is 0 Å². The summed E-state index contributed by atoms with van der Waals surface area (Å²) < 4.78 is 10.8. The lowest BCUT2D eigenvalue weighted by atomic mass is 9.87. The molecule has 122 valence electrons. The van der Waals surface area contributed by atoms with Gasteiger partial charge in [0.1, 0.15) is 5.75 Å². The van der Waals surface area contributed by atoms with Crippen LogP contribution >= 0.6 is 11.6 Å². The van der Waals surface area contributed by atoms with Gasteiger partial charge >= 0.3 is 0 Å². The van der Waals surface area contributed by atoms with Crippen LogP contribution in [0.25, 0.3) is 0 Å². The smallest absolute Gasteiger partial charge is 0.234 e. The first kappa shape index (κ1) is 17.1. The van der Waals surface area contributed by atoms with Gasteiger partial charge in [0.15, 0.2) is 0 Å². The summed E-state index contributed by atoms with van der Waals surface area (Å²) in [6, 6.07) is 5.28. The lowest BCUT2D eigenvalue weighted by Crippen LogP contribution is -2.41. The van der Waals surface area contributed by atoms with Crippen LogP contribution in [0.5, 0.6) is 5.75 Å². The Balaban J connectivity index is 2.09. The molecule has 2 N–H and O–H groups in total. The van der Waals surface area contributed by atoms with E-state index in [1.807, 2.05) is 13.8 Å². The van der Waals surface area contributed by atoms with Gasteiger partial charge in [-0.15, -0.1) is 0 Å². The van der Waals surface area contributed by atoms with Crippen molar-refractivity contribution >= 4 is 23.2 Å². The molecule has 2 rings (SSSR count). The van der Waals surface area contributed by atoms with E-state index < -0.39 is 5.41 Å². The molecule has 5 nitrogen and oxygen atoms in total. The highest BCUT2D eigenvalue weighted by molar-refractivity contribution is 6.32. The van der Waals surface area contributed by atoms with Gasteiger partial charge in [0, 0.05) is 19.3 Å². The fourth-order valence-corrected chi connectivity index (χ4v) is 2.82. The Labute approximate surface area is 136 Å². The summed E-state index contributed by atoms with van der Waals surface area (Å²) in [5.41, 5.74) is 0.141. The summed E-state index contributed by atoms with van der Waals surface area (Å²) in [7, 11) is 1.61. The Morgan fingerprint density at radius 1 is 1.50 bits per heavy atom. The first-order valence-corrected chi connectivity index (χ1v) is 7.82. The number of halogens is 1. The van der Waals surface area contributed by atoms with Crippen LogP contribution in [0, 0.1) is 5.41 Å². The third-order valence-electron chi connectivity index (χ3n) is 3.70. The molecule has 1 aromatic rings. The highest BCUT2D eigenvalue weighted by Crippen LogP contribution is 2.31. The van der Waals surface area contributed by atoms with Crippen LogP contribution in [-0.4, -0.2) is 38.8 Å². The van der Waals surface area contributed by atoms with E-state index in [2.05, 4.69) is 10.6 Å². The third-order valence-corrected chi connectivity index (χ3v) is 3.99. The van der Waals surface area contributed by atoms with Crippen molar-refractivity contribution in [2.75, 3.05) is 32.1 Å². The fraction of sp³-hybridized carbons (Fsp3) is 0.562. The molecule has 0 saturated carbocycles. The standard InChI is InChI=1S/C16H23ClN2O3/c1-11(2)22-14-5-4-12(8-13(14)17)19-15(20)16(10-21-3)6-7-18-9-16/h4-5,8,11,18H,6-7,9-10H2,1-3H3,(H,19,20). The number of hydrogen-bond acceptors (Lipinski definition) is 4. The van der Waals surface area contributed by atoms with Crippen LogP contribution in [0.3, 0.4) is 0 Å². The van der Waals surface area contributed by atoms with Gasteiger partial charge in [0.05, 0.1) is 23.1 Å². The number of anilines is 1. The normalized spacial score (nSPS) is 21.1. The second kappa shape index (κ2) is 7.31. The molecule has 0 spiro atoms. The van der Waals surface area contributed by atoms with Gasteiger partial charge in [-0.25, -0.2) is 0 Å². The lowest BCUT2D eigenvalue weighted by molar-refractivity contribution is -0.127. The van der Waals surface area contributed by atoms with E-state index in [0.717, 1.165) is 13.0 Å². The number of hydrogen-bond donors (Lipinski definition) is 2. The molecule has 1 fully saturated rings. The van der Waals surface area contributed by atoms with Crippen molar-refractivity contribution in [2.24, 2.45) is 5.41 Å². The van der Waals surface area contributed by atoms with Crippen molar-refractivity contribution < 1.29 is 14.3 Å². The molecule has 1 atom stereocenters. The average molecular weight is 327 g/mol. The monoisotopic (exact) mass is 326 g/mol. The predicted octanol–water partition coefficient (Wildman–Crippen LogP) is 2.69. The minimum atomic E-state index is -0.520. The van der Waals surface area contributed by atoms with E-state index in [-0.39, 0.29) is 12.0 Å². The Morgan fingerprint density at radius 3 is 2.82 bits per heavy atom. The second-order valence-corrected chi connectivity index (χ2v) is 6.31. The molecule has 1 unspecified atom stereocenters. The first-order chi connectivity index (χ1) is 10.5. The average Bonchev–Trinajstić information content (AvgIpc) is 2.92. The number of ether oxygens (including phenoxy) is 2. The predicted molar refractivity (Wildman–Crippen MR) is 87.6 cm³/mol. The summed E-state index contributed by atoms with van der Waals surface area (Å²) in [5, 5.41) is 6.63. The number of amides is 1. The topological polar surface area (TPSA) is 59.6 Å². The number of methoxy groups -OCH3 is 1. The number of carbonyl (C=O) groups excluding carboxylic acids is 1. The molecule has 0 aromatic heterocycles. The van der Waals surface area contributed by atoms with Gasteiger partial charge in [-0.3, -0.25) is 4.79 Å².